The van der Waals surface area contributed by atoms with Gasteiger partial charge in [-0.3, -0.25) is 0 Å². The lowest BCUT2D eigenvalue weighted by molar-refractivity contribution is 0.604. The predicted molar refractivity (Wildman–Crippen MR) is 55.5 cm³/mol. The van der Waals surface area contributed by atoms with E-state index in [-0.39, 0.29) is 0 Å². The van der Waals surface area contributed by atoms with E-state index in [4.69, 9.17) is 9.68 Å². The Morgan fingerprint density at radius 3 is 2.93 bits per heavy atom. The van der Waals surface area contributed by atoms with Gasteiger partial charge in [0.1, 0.15) is 11.3 Å². The molecule has 0 saturated heterocycles. The highest BCUT2D eigenvalue weighted by molar-refractivity contribution is 5.80. The molecule has 0 atom stereocenters. The molecule has 1 aromatic heterocycles. The molecule has 2 nitrogen and oxygen atoms in total. The van der Waals surface area contributed by atoms with Crippen molar-refractivity contribution in [3.63, 3.8) is 0 Å². The maximum Gasteiger partial charge on any atom is 0.134 e. The van der Waals surface area contributed by atoms with Gasteiger partial charge in [0.15, 0.2) is 0 Å². The highest BCUT2D eigenvalue weighted by Crippen LogP contribution is 2.20. The zero-order chi connectivity index (χ0) is 9.97. The molecular formula is C12H9NO. The van der Waals surface area contributed by atoms with Crippen LogP contribution in [0.25, 0.3) is 17.0 Å². The van der Waals surface area contributed by atoms with Crippen molar-refractivity contribution in [2.75, 3.05) is 0 Å². The molecule has 0 amide bonds. The van der Waals surface area contributed by atoms with Crippen molar-refractivity contribution in [3.8, 4) is 6.07 Å². The molecule has 0 N–H and O–H groups in total. The molecule has 2 heteroatoms. The smallest absolute Gasteiger partial charge is 0.134 e. The van der Waals surface area contributed by atoms with Crippen molar-refractivity contribution in [2.24, 2.45) is 0 Å². The Balaban J connectivity index is 2.52. The second-order valence-corrected chi connectivity index (χ2v) is 3.13. The fourth-order valence-electron chi connectivity index (χ4n) is 1.32. The fraction of sp³-hybridized carbons (Fsp3) is 0.0833. The molecule has 0 aliphatic carbocycles. The molecule has 0 aliphatic heterocycles. The Kier molecular flexibility index (Phi) is 2.08. The van der Waals surface area contributed by atoms with Gasteiger partial charge in [0.2, 0.25) is 0 Å². The molecule has 1 aromatic carbocycles. The summed E-state index contributed by atoms with van der Waals surface area (Å²) in [6, 6.07) is 11.8. The van der Waals surface area contributed by atoms with Gasteiger partial charge in [-0.1, -0.05) is 18.2 Å². The molecule has 0 radical (unpaired) electrons. The van der Waals surface area contributed by atoms with Gasteiger partial charge in [0.25, 0.3) is 0 Å². The van der Waals surface area contributed by atoms with Crippen LogP contribution < -0.4 is 0 Å². The predicted octanol–water partition coefficient (Wildman–Crippen LogP) is 3.36. The number of nitriles is 1. The first-order chi connectivity index (χ1) is 6.79. The van der Waals surface area contributed by atoms with Gasteiger partial charge >= 0.3 is 0 Å². The minimum absolute atomic E-state index is 0.643. The average molecular weight is 183 g/mol. The van der Waals surface area contributed by atoms with Gasteiger partial charge in [-0.2, -0.15) is 5.26 Å². The zero-order valence-corrected chi connectivity index (χ0v) is 7.82. The van der Waals surface area contributed by atoms with E-state index < -0.39 is 0 Å². The maximum atomic E-state index is 8.61. The van der Waals surface area contributed by atoms with E-state index in [1.165, 1.54) is 0 Å². The lowest BCUT2D eigenvalue weighted by Crippen LogP contribution is -1.66. The topological polar surface area (TPSA) is 36.9 Å². The monoisotopic (exact) mass is 183 g/mol. The third-order valence-electron chi connectivity index (χ3n) is 1.98. The molecule has 0 fully saturated rings. The summed E-state index contributed by atoms with van der Waals surface area (Å²) in [5.74, 6) is 0.727. The number of allylic oxidation sites excluding steroid dienone is 1. The van der Waals surface area contributed by atoms with Gasteiger partial charge in [0.05, 0.1) is 6.07 Å². The number of hydrogen-bond donors (Lipinski definition) is 0. The van der Waals surface area contributed by atoms with E-state index in [2.05, 4.69) is 6.07 Å². The summed E-state index contributed by atoms with van der Waals surface area (Å²) in [6.07, 6.45) is 1.74. The molecule has 14 heavy (non-hydrogen) atoms. The van der Waals surface area contributed by atoms with Crippen molar-refractivity contribution < 1.29 is 4.42 Å². The SMILES string of the molecule is C/C(C#N)=C\c1cc2ccccc2o1. The standard InChI is InChI=1S/C12H9NO/c1-9(8-13)6-11-7-10-4-2-3-5-12(10)14-11/h2-7H,1H3/b9-6+. The molecule has 1 heterocycles. The second kappa shape index (κ2) is 3.39. The summed E-state index contributed by atoms with van der Waals surface area (Å²) >= 11 is 0. The van der Waals surface area contributed by atoms with E-state index in [1.54, 1.807) is 13.0 Å². The van der Waals surface area contributed by atoms with Crippen LogP contribution in [0, 0.1) is 11.3 Å². The highest BCUT2D eigenvalue weighted by atomic mass is 16.3. The van der Waals surface area contributed by atoms with Crippen LogP contribution in [0.5, 0.6) is 0 Å². The van der Waals surface area contributed by atoms with Crippen LogP contribution in [0.1, 0.15) is 12.7 Å². The van der Waals surface area contributed by atoms with Gasteiger partial charge in [-0.25, -0.2) is 0 Å². The van der Waals surface area contributed by atoms with Crippen molar-refractivity contribution in [1.29, 1.82) is 5.26 Å². The van der Waals surface area contributed by atoms with E-state index >= 15 is 0 Å². The van der Waals surface area contributed by atoms with Crippen LogP contribution in [0.4, 0.5) is 0 Å². The molecule has 0 aliphatic rings. The van der Waals surface area contributed by atoms with Gasteiger partial charge in [-0.05, 0) is 25.1 Å². The van der Waals surface area contributed by atoms with Crippen molar-refractivity contribution >= 4 is 17.0 Å². The summed E-state index contributed by atoms with van der Waals surface area (Å²) in [5, 5.41) is 9.67. The molecular weight excluding hydrogens is 174 g/mol. The molecule has 0 spiro atoms. The third-order valence-corrected chi connectivity index (χ3v) is 1.98. The Labute approximate surface area is 82.1 Å². The van der Waals surface area contributed by atoms with Gasteiger partial charge < -0.3 is 4.42 Å². The first-order valence-corrected chi connectivity index (χ1v) is 4.36. The summed E-state index contributed by atoms with van der Waals surface area (Å²) in [5.41, 5.74) is 1.49. The summed E-state index contributed by atoms with van der Waals surface area (Å²) < 4.78 is 5.51. The van der Waals surface area contributed by atoms with E-state index in [0.29, 0.717) is 5.57 Å². The molecule has 2 aromatic rings. The second-order valence-electron chi connectivity index (χ2n) is 3.13. The molecule has 68 valence electrons. The number of hydrogen-bond acceptors (Lipinski definition) is 2. The lowest BCUT2D eigenvalue weighted by Gasteiger charge is -1.84. The number of benzene rings is 1. The van der Waals surface area contributed by atoms with Crippen molar-refractivity contribution in [3.05, 3.63) is 41.7 Å². The first-order valence-electron chi connectivity index (χ1n) is 4.36. The Hall–Kier alpha value is -2.01. The molecule has 2 rings (SSSR count). The largest absolute Gasteiger partial charge is 0.457 e. The Bertz CT molecular complexity index is 495. The lowest BCUT2D eigenvalue weighted by atomic mass is 10.2. The van der Waals surface area contributed by atoms with Crippen LogP contribution >= 0.6 is 0 Å². The first kappa shape index (κ1) is 8.58. The average Bonchev–Trinajstić information content (AvgIpc) is 2.59. The highest BCUT2D eigenvalue weighted by Gasteiger charge is 1.99. The Morgan fingerprint density at radius 1 is 1.43 bits per heavy atom. The molecule has 0 unspecified atom stereocenters. The zero-order valence-electron chi connectivity index (χ0n) is 7.82. The maximum absolute atomic E-state index is 8.61. The molecule has 0 saturated carbocycles. The Morgan fingerprint density at radius 2 is 2.21 bits per heavy atom. The minimum Gasteiger partial charge on any atom is -0.457 e. The number of nitrogens with zero attached hydrogens (tertiary/aromatic N) is 1. The number of fused-ring (bicyclic) bond motifs is 1. The number of para-hydroxylation sites is 1. The molecule has 0 bridgehead atoms. The van der Waals surface area contributed by atoms with E-state index in [1.807, 2.05) is 30.3 Å². The van der Waals surface area contributed by atoms with Crippen LogP contribution in [-0.2, 0) is 0 Å². The summed E-state index contributed by atoms with van der Waals surface area (Å²) in [6.45, 7) is 1.76. The van der Waals surface area contributed by atoms with Crippen LogP contribution in [-0.4, -0.2) is 0 Å². The van der Waals surface area contributed by atoms with E-state index in [0.717, 1.165) is 16.7 Å². The number of furan rings is 1. The van der Waals surface area contributed by atoms with E-state index in [9.17, 15) is 0 Å². The summed E-state index contributed by atoms with van der Waals surface area (Å²) in [4.78, 5) is 0. The van der Waals surface area contributed by atoms with Gasteiger partial charge in [0, 0.05) is 11.0 Å². The third kappa shape index (κ3) is 1.53. The van der Waals surface area contributed by atoms with Crippen molar-refractivity contribution in [1.82, 2.24) is 0 Å². The van der Waals surface area contributed by atoms with Crippen LogP contribution in [0.3, 0.4) is 0 Å². The fourth-order valence-corrected chi connectivity index (χ4v) is 1.32. The number of rotatable bonds is 1. The van der Waals surface area contributed by atoms with Gasteiger partial charge in [-0.15, -0.1) is 0 Å². The van der Waals surface area contributed by atoms with Crippen LogP contribution in [0.2, 0.25) is 0 Å². The van der Waals surface area contributed by atoms with Crippen molar-refractivity contribution in [2.45, 2.75) is 6.92 Å². The normalized spacial score (nSPS) is 11.6. The minimum atomic E-state index is 0.643. The quantitative estimate of drug-likeness (QED) is 0.635. The van der Waals surface area contributed by atoms with Crippen LogP contribution in [0.15, 0.2) is 40.3 Å². The summed E-state index contributed by atoms with van der Waals surface area (Å²) in [7, 11) is 0.